The molecule has 0 saturated heterocycles. The molecule has 0 aromatic heterocycles. The maximum Gasteiger partial charge on any atom is 0.112 e. The highest BCUT2D eigenvalue weighted by atomic mass is 31.2. The highest BCUT2D eigenvalue weighted by Gasteiger charge is 2.44. The fourth-order valence-electron chi connectivity index (χ4n) is 7.90. The summed E-state index contributed by atoms with van der Waals surface area (Å²) >= 11 is 0. The Morgan fingerprint density at radius 3 is 0.694 bits per heavy atom. The van der Waals surface area contributed by atoms with Crippen molar-refractivity contribution in [2.45, 2.75) is 187 Å². The standard InChI is InChI=1S/C48H76P/c1-2-3-4-5-6-7-8-9-10-11-12-13-14-15-16-17-18-19-20-21-22-23-24-25-26-27-28-38-45-49(46-39-32-29-33-40-46,47-41-34-30-35-42-47)48-43-36-31-37-44-48/h29-37,39-44H,2-28,38,45H2,1H3/q+1. The van der Waals surface area contributed by atoms with E-state index in [1.807, 2.05) is 0 Å². The molecule has 0 nitrogen and oxygen atoms in total. The largest absolute Gasteiger partial charge is 0.112 e. The van der Waals surface area contributed by atoms with Crippen molar-refractivity contribution in [3.63, 3.8) is 0 Å². The van der Waals surface area contributed by atoms with Crippen LogP contribution in [-0.4, -0.2) is 6.16 Å². The molecule has 3 aromatic rings. The molecule has 0 heterocycles. The molecule has 0 bridgehead atoms. The Bertz CT molecular complexity index is 1010. The second-order valence-electron chi connectivity index (χ2n) is 15.1. The number of unbranched alkanes of at least 4 members (excludes halogenated alkanes) is 27. The first-order chi connectivity index (χ1) is 24.4. The molecule has 1 heteroatoms. The van der Waals surface area contributed by atoms with Gasteiger partial charge in [0.1, 0.15) is 23.2 Å². The van der Waals surface area contributed by atoms with E-state index in [0.29, 0.717) is 0 Å². The second kappa shape index (κ2) is 28.8. The molecule has 3 rings (SSSR count). The van der Waals surface area contributed by atoms with Crippen molar-refractivity contribution in [1.82, 2.24) is 0 Å². The highest BCUT2D eigenvalue weighted by Crippen LogP contribution is 2.56. The van der Waals surface area contributed by atoms with Crippen LogP contribution in [0.4, 0.5) is 0 Å². The minimum Gasteiger partial charge on any atom is -0.0654 e. The van der Waals surface area contributed by atoms with Crippen LogP contribution < -0.4 is 15.9 Å². The number of rotatable bonds is 32. The van der Waals surface area contributed by atoms with E-state index in [9.17, 15) is 0 Å². The monoisotopic (exact) mass is 684 g/mol. The van der Waals surface area contributed by atoms with Crippen LogP contribution in [0.25, 0.3) is 0 Å². The minimum atomic E-state index is -1.65. The van der Waals surface area contributed by atoms with Crippen LogP contribution in [0.15, 0.2) is 91.0 Å². The lowest BCUT2D eigenvalue weighted by Crippen LogP contribution is -2.33. The van der Waals surface area contributed by atoms with Crippen molar-refractivity contribution in [1.29, 1.82) is 0 Å². The Balaban J connectivity index is 1.13. The predicted molar refractivity (Wildman–Crippen MR) is 225 cm³/mol. The maximum absolute atomic E-state index is 2.38. The summed E-state index contributed by atoms with van der Waals surface area (Å²) in [7, 11) is -1.65. The van der Waals surface area contributed by atoms with Gasteiger partial charge in [-0.05, 0) is 49.2 Å². The molecule has 0 saturated carbocycles. The van der Waals surface area contributed by atoms with Crippen LogP contribution >= 0.6 is 7.26 Å². The average Bonchev–Trinajstić information content (AvgIpc) is 3.15. The van der Waals surface area contributed by atoms with Crippen LogP contribution in [-0.2, 0) is 0 Å². The molecule has 0 aliphatic heterocycles. The normalized spacial score (nSPS) is 11.7. The van der Waals surface area contributed by atoms with Crippen LogP contribution in [0.5, 0.6) is 0 Å². The average molecular weight is 684 g/mol. The summed E-state index contributed by atoms with van der Waals surface area (Å²) < 4.78 is 0. The molecule has 0 N–H and O–H groups in total. The van der Waals surface area contributed by atoms with E-state index in [2.05, 4.69) is 97.9 Å². The predicted octanol–water partition coefficient (Wildman–Crippen LogP) is 14.9. The zero-order chi connectivity index (χ0) is 34.3. The Kier molecular flexibility index (Phi) is 24.4. The molecule has 0 spiro atoms. The van der Waals surface area contributed by atoms with Gasteiger partial charge in [0.25, 0.3) is 0 Å². The van der Waals surface area contributed by atoms with Gasteiger partial charge in [-0.1, -0.05) is 228 Å². The molecule has 0 radical (unpaired) electrons. The Hall–Kier alpha value is -1.91. The third-order valence-corrected chi connectivity index (χ3v) is 15.5. The van der Waals surface area contributed by atoms with E-state index in [4.69, 9.17) is 0 Å². The summed E-state index contributed by atoms with van der Waals surface area (Å²) in [6.07, 6.45) is 41.9. The second-order valence-corrected chi connectivity index (χ2v) is 18.7. The molecule has 49 heavy (non-hydrogen) atoms. The molecule has 0 aliphatic carbocycles. The lowest BCUT2D eigenvalue weighted by Gasteiger charge is -2.27. The van der Waals surface area contributed by atoms with E-state index in [1.165, 1.54) is 202 Å². The fourth-order valence-corrected chi connectivity index (χ4v) is 12.3. The summed E-state index contributed by atoms with van der Waals surface area (Å²) in [5.41, 5.74) is 0. The van der Waals surface area contributed by atoms with Gasteiger partial charge >= 0.3 is 0 Å². The third kappa shape index (κ3) is 17.7. The van der Waals surface area contributed by atoms with Crippen molar-refractivity contribution in [3.05, 3.63) is 91.0 Å². The Morgan fingerprint density at radius 2 is 0.469 bits per heavy atom. The van der Waals surface area contributed by atoms with E-state index in [0.717, 1.165) is 0 Å². The SMILES string of the molecule is CCCCCCCCCCCCCCCCCCCCCCCCCCCCCC[P+](c1ccccc1)(c1ccccc1)c1ccccc1. The third-order valence-electron chi connectivity index (χ3n) is 10.9. The molecule has 272 valence electrons. The van der Waals surface area contributed by atoms with Crippen LogP contribution in [0, 0.1) is 0 Å². The van der Waals surface area contributed by atoms with Crippen molar-refractivity contribution >= 4 is 23.2 Å². The minimum absolute atomic E-state index is 1.27. The van der Waals surface area contributed by atoms with Crippen molar-refractivity contribution < 1.29 is 0 Å². The van der Waals surface area contributed by atoms with E-state index in [1.54, 1.807) is 0 Å². The molecule has 0 aliphatic rings. The Labute approximate surface area is 306 Å². The lowest BCUT2D eigenvalue weighted by atomic mass is 10.0. The van der Waals surface area contributed by atoms with Gasteiger partial charge in [0, 0.05) is 0 Å². The van der Waals surface area contributed by atoms with Gasteiger partial charge in [0.05, 0.1) is 6.16 Å². The Morgan fingerprint density at radius 1 is 0.265 bits per heavy atom. The molecule has 0 atom stereocenters. The topological polar surface area (TPSA) is 0 Å². The smallest absolute Gasteiger partial charge is 0.0654 e. The van der Waals surface area contributed by atoms with Gasteiger partial charge in [0.15, 0.2) is 0 Å². The van der Waals surface area contributed by atoms with E-state index >= 15 is 0 Å². The van der Waals surface area contributed by atoms with Crippen molar-refractivity contribution in [3.8, 4) is 0 Å². The van der Waals surface area contributed by atoms with Gasteiger partial charge in [-0.15, -0.1) is 0 Å². The quantitative estimate of drug-likeness (QED) is 0.0454. The fraction of sp³-hybridized carbons (Fsp3) is 0.625. The summed E-state index contributed by atoms with van der Waals surface area (Å²) in [6.45, 7) is 2.31. The highest BCUT2D eigenvalue weighted by molar-refractivity contribution is 7.95. The summed E-state index contributed by atoms with van der Waals surface area (Å²) in [5.74, 6) is 0. The first kappa shape index (κ1) is 41.5. The van der Waals surface area contributed by atoms with Gasteiger partial charge < -0.3 is 0 Å². The van der Waals surface area contributed by atoms with Gasteiger partial charge in [-0.25, -0.2) is 0 Å². The maximum atomic E-state index is 2.38. The van der Waals surface area contributed by atoms with Gasteiger partial charge in [0.2, 0.25) is 0 Å². The van der Waals surface area contributed by atoms with Crippen molar-refractivity contribution in [2.75, 3.05) is 6.16 Å². The molecule has 0 unspecified atom stereocenters. The van der Waals surface area contributed by atoms with Crippen LogP contribution in [0.2, 0.25) is 0 Å². The zero-order valence-corrected chi connectivity index (χ0v) is 33.0. The molecule has 0 amide bonds. The zero-order valence-electron chi connectivity index (χ0n) is 32.1. The number of hydrogen-bond donors (Lipinski definition) is 0. The molecular weight excluding hydrogens is 608 g/mol. The first-order valence-corrected chi connectivity index (χ1v) is 23.4. The van der Waals surface area contributed by atoms with E-state index in [-0.39, 0.29) is 0 Å². The molecular formula is C48H76P+. The summed E-state index contributed by atoms with van der Waals surface area (Å²) in [4.78, 5) is 0. The van der Waals surface area contributed by atoms with Crippen LogP contribution in [0.3, 0.4) is 0 Å². The number of benzene rings is 3. The number of hydrogen-bond acceptors (Lipinski definition) is 0. The van der Waals surface area contributed by atoms with Crippen LogP contribution in [0.1, 0.15) is 187 Å². The van der Waals surface area contributed by atoms with Gasteiger partial charge in [-0.3, -0.25) is 0 Å². The first-order valence-electron chi connectivity index (χ1n) is 21.4. The summed E-state index contributed by atoms with van der Waals surface area (Å²) in [5, 5.41) is 4.58. The van der Waals surface area contributed by atoms with Gasteiger partial charge in [-0.2, -0.15) is 0 Å². The lowest BCUT2D eigenvalue weighted by molar-refractivity contribution is 0.514. The molecule has 0 fully saturated rings. The molecule has 3 aromatic carbocycles. The van der Waals surface area contributed by atoms with Crippen molar-refractivity contribution in [2.24, 2.45) is 0 Å². The summed E-state index contributed by atoms with van der Waals surface area (Å²) in [6, 6.07) is 34.2. The van der Waals surface area contributed by atoms with E-state index < -0.39 is 7.26 Å².